The van der Waals surface area contributed by atoms with Crippen LogP contribution in [0.25, 0.3) is 0 Å². The van der Waals surface area contributed by atoms with Gasteiger partial charge in [0.05, 0.1) is 4.83 Å². The molecule has 0 saturated heterocycles. The first-order chi connectivity index (χ1) is 9.72. The molecule has 0 amide bonds. The van der Waals surface area contributed by atoms with Crippen molar-refractivity contribution in [2.24, 2.45) is 16.7 Å². The highest BCUT2D eigenvalue weighted by atomic mass is 79.9. The number of halogens is 2. The molecule has 4 atom stereocenters. The second-order valence-corrected chi connectivity index (χ2v) is 8.79. The van der Waals surface area contributed by atoms with Crippen LogP contribution in [0.3, 0.4) is 0 Å². The normalized spacial score (nSPS) is 30.8. The molecule has 1 aliphatic carbocycles. The Bertz CT molecular complexity index is 515. The molecule has 0 aromatic heterocycles. The van der Waals surface area contributed by atoms with Crippen LogP contribution in [-0.2, 0) is 4.79 Å². The zero-order valence-corrected chi connectivity index (χ0v) is 15.8. The molecule has 1 aliphatic rings. The van der Waals surface area contributed by atoms with Gasteiger partial charge in [-0.25, -0.2) is 0 Å². The Morgan fingerprint density at radius 3 is 2.29 bits per heavy atom. The number of aliphatic carboxylic acids is 1. The summed E-state index contributed by atoms with van der Waals surface area (Å²) < 4.78 is 0. The molecule has 1 aromatic rings. The van der Waals surface area contributed by atoms with Gasteiger partial charge in [-0.1, -0.05) is 83.0 Å². The number of hydrogen-bond donors (Lipinski definition) is 0. The zero-order valence-electron chi connectivity index (χ0n) is 12.6. The van der Waals surface area contributed by atoms with Crippen LogP contribution in [0.15, 0.2) is 30.3 Å². The van der Waals surface area contributed by atoms with Gasteiger partial charge >= 0.3 is 0 Å². The lowest BCUT2D eigenvalue weighted by Crippen LogP contribution is -2.49. The maximum atomic E-state index is 11.6. The molecule has 1 saturated carbocycles. The van der Waals surface area contributed by atoms with E-state index in [1.165, 1.54) is 5.56 Å². The van der Waals surface area contributed by atoms with E-state index in [0.717, 1.165) is 6.42 Å². The number of alkyl halides is 2. The molecule has 21 heavy (non-hydrogen) atoms. The summed E-state index contributed by atoms with van der Waals surface area (Å²) in [6.45, 7) is 5.94. The first-order valence-corrected chi connectivity index (χ1v) is 9.09. The lowest BCUT2D eigenvalue weighted by Gasteiger charge is -2.44. The molecular formula is C17H21Br2O2-. The Morgan fingerprint density at radius 2 is 1.81 bits per heavy atom. The van der Waals surface area contributed by atoms with Crippen LogP contribution >= 0.6 is 31.9 Å². The van der Waals surface area contributed by atoms with Gasteiger partial charge in [-0.3, -0.25) is 0 Å². The van der Waals surface area contributed by atoms with Crippen LogP contribution < -0.4 is 5.11 Å². The standard InChI is InChI=1S/C17H22Br2O2/c1-16(2)12(9-10-17(16,3)15(20)21)14(19)13(18)11-7-5-4-6-8-11/h4-8,12-14H,9-10H2,1-3H3,(H,20,21)/p-1/t12-,13+,14-,17+/m0/s1. The van der Waals surface area contributed by atoms with E-state index in [9.17, 15) is 9.90 Å². The molecule has 0 aliphatic heterocycles. The van der Waals surface area contributed by atoms with Gasteiger partial charge in [0.1, 0.15) is 0 Å². The molecule has 1 fully saturated rings. The minimum atomic E-state index is -0.930. The van der Waals surface area contributed by atoms with Crippen molar-refractivity contribution >= 4 is 37.8 Å². The van der Waals surface area contributed by atoms with Crippen molar-refractivity contribution < 1.29 is 9.90 Å². The van der Waals surface area contributed by atoms with Crippen molar-refractivity contribution in [1.29, 1.82) is 0 Å². The maximum absolute atomic E-state index is 11.6. The topological polar surface area (TPSA) is 40.1 Å². The molecule has 4 heteroatoms. The Balaban J connectivity index is 2.25. The van der Waals surface area contributed by atoms with Crippen LogP contribution in [-0.4, -0.2) is 10.8 Å². The van der Waals surface area contributed by atoms with Crippen LogP contribution in [0, 0.1) is 16.7 Å². The van der Waals surface area contributed by atoms with Gasteiger partial charge in [0.2, 0.25) is 0 Å². The maximum Gasteiger partial charge on any atom is 0.0523 e. The number of benzene rings is 1. The summed E-state index contributed by atoms with van der Waals surface area (Å²) in [5, 5.41) is 11.6. The van der Waals surface area contributed by atoms with Gasteiger partial charge in [0.25, 0.3) is 0 Å². The molecule has 0 N–H and O–H groups in total. The number of carboxylic acid groups (broad SMARTS) is 1. The van der Waals surface area contributed by atoms with E-state index in [1.807, 2.05) is 25.1 Å². The van der Waals surface area contributed by atoms with Gasteiger partial charge in [0, 0.05) is 16.2 Å². The first kappa shape index (κ1) is 17.0. The van der Waals surface area contributed by atoms with E-state index in [4.69, 9.17) is 0 Å². The predicted molar refractivity (Wildman–Crippen MR) is 90.4 cm³/mol. The first-order valence-electron chi connectivity index (χ1n) is 7.26. The number of carboxylic acids is 1. The van der Waals surface area contributed by atoms with E-state index in [0.29, 0.717) is 6.42 Å². The van der Waals surface area contributed by atoms with Crippen molar-refractivity contribution in [3.05, 3.63) is 35.9 Å². The van der Waals surface area contributed by atoms with Gasteiger partial charge in [0.15, 0.2) is 0 Å². The molecule has 0 bridgehead atoms. The van der Waals surface area contributed by atoms with E-state index < -0.39 is 11.4 Å². The predicted octanol–water partition coefficient (Wildman–Crippen LogP) is 4.08. The van der Waals surface area contributed by atoms with Crippen molar-refractivity contribution in [2.45, 2.75) is 43.3 Å². The number of hydrogen-bond acceptors (Lipinski definition) is 2. The molecular weight excluding hydrogens is 396 g/mol. The van der Waals surface area contributed by atoms with Crippen molar-refractivity contribution in [2.75, 3.05) is 0 Å². The number of carbonyl (C=O) groups excluding carboxylic acids is 1. The highest BCUT2D eigenvalue weighted by Crippen LogP contribution is 2.59. The van der Waals surface area contributed by atoms with E-state index >= 15 is 0 Å². The Labute approximate surface area is 143 Å². The van der Waals surface area contributed by atoms with Crippen molar-refractivity contribution in [3.8, 4) is 0 Å². The fourth-order valence-corrected chi connectivity index (χ4v) is 5.39. The van der Waals surface area contributed by atoms with Crippen LogP contribution in [0.2, 0.25) is 0 Å². The minimum Gasteiger partial charge on any atom is -0.550 e. The summed E-state index contributed by atoms with van der Waals surface area (Å²) in [7, 11) is 0. The fourth-order valence-electron chi connectivity index (χ4n) is 3.48. The summed E-state index contributed by atoms with van der Waals surface area (Å²) in [4.78, 5) is 11.9. The van der Waals surface area contributed by atoms with Crippen LogP contribution in [0.1, 0.15) is 44.0 Å². The summed E-state index contributed by atoms with van der Waals surface area (Å²) in [5.41, 5.74) is 0.116. The quantitative estimate of drug-likeness (QED) is 0.693. The molecule has 2 rings (SSSR count). The molecule has 116 valence electrons. The lowest BCUT2D eigenvalue weighted by molar-refractivity contribution is -0.323. The minimum absolute atomic E-state index is 0.159. The molecule has 0 radical (unpaired) electrons. The summed E-state index contributed by atoms with van der Waals surface area (Å²) in [6, 6.07) is 10.2. The molecule has 2 nitrogen and oxygen atoms in total. The van der Waals surface area contributed by atoms with E-state index in [2.05, 4.69) is 57.8 Å². The zero-order chi connectivity index (χ0) is 15.8. The number of carbonyl (C=O) groups is 1. The second-order valence-electron chi connectivity index (χ2n) is 6.74. The summed E-state index contributed by atoms with van der Waals surface area (Å²) >= 11 is 7.60. The fraction of sp³-hybridized carbons (Fsp3) is 0.588. The monoisotopic (exact) mass is 415 g/mol. The summed E-state index contributed by atoms with van der Waals surface area (Å²) in [6.07, 6.45) is 1.56. The third-order valence-electron chi connectivity index (χ3n) is 5.54. The largest absolute Gasteiger partial charge is 0.550 e. The van der Waals surface area contributed by atoms with Crippen molar-refractivity contribution in [1.82, 2.24) is 0 Å². The molecule has 0 heterocycles. The Morgan fingerprint density at radius 1 is 1.24 bits per heavy atom. The lowest BCUT2D eigenvalue weighted by atomic mass is 9.65. The van der Waals surface area contributed by atoms with Gasteiger partial charge in [-0.05, 0) is 29.7 Å². The summed E-state index contributed by atoms with van der Waals surface area (Å²) in [5.74, 6) is -0.662. The highest BCUT2D eigenvalue weighted by molar-refractivity contribution is 9.12. The van der Waals surface area contributed by atoms with Crippen LogP contribution in [0.5, 0.6) is 0 Å². The van der Waals surface area contributed by atoms with Gasteiger partial charge < -0.3 is 9.90 Å². The smallest absolute Gasteiger partial charge is 0.0523 e. The molecule has 0 unspecified atom stereocenters. The van der Waals surface area contributed by atoms with Gasteiger partial charge in [-0.2, -0.15) is 0 Å². The highest BCUT2D eigenvalue weighted by Gasteiger charge is 2.54. The average molecular weight is 417 g/mol. The molecule has 0 spiro atoms. The van der Waals surface area contributed by atoms with Gasteiger partial charge in [-0.15, -0.1) is 0 Å². The van der Waals surface area contributed by atoms with E-state index in [-0.39, 0.29) is 21.0 Å². The van der Waals surface area contributed by atoms with E-state index in [1.54, 1.807) is 0 Å². The third kappa shape index (κ3) is 2.81. The van der Waals surface area contributed by atoms with Crippen molar-refractivity contribution in [3.63, 3.8) is 0 Å². The second kappa shape index (κ2) is 6.04. The Kier molecular flexibility index (Phi) is 4.89. The Hall–Kier alpha value is -0.350. The number of rotatable bonds is 4. The molecule has 1 aromatic carbocycles. The average Bonchev–Trinajstić information content (AvgIpc) is 2.70. The third-order valence-corrected chi connectivity index (χ3v) is 8.51. The SMILES string of the molecule is CC1(C)[C@H]([C@H](Br)[C@H](Br)c2ccccc2)CC[C@]1(C)C(=O)[O-]. The van der Waals surface area contributed by atoms with Crippen LogP contribution in [0.4, 0.5) is 0 Å².